The lowest BCUT2D eigenvalue weighted by molar-refractivity contribution is -0.150. The molecule has 2 aromatic heterocycles. The molecule has 0 spiro atoms. The number of ether oxygens (including phenoxy) is 1. The average molecular weight is 668 g/mol. The zero-order valence-electron chi connectivity index (χ0n) is 23.8. The second-order valence-corrected chi connectivity index (χ2v) is 12.8. The first-order valence-corrected chi connectivity index (χ1v) is 15.7. The number of nitrogens with zero attached hydrogens (tertiary/aromatic N) is 8. The number of β-lactam (4-membered cyclic amide) rings is 1. The lowest BCUT2D eigenvalue weighted by Crippen LogP contribution is -2.71. The molecule has 4 heterocycles. The molecular formula is C23H29N11O7S3. The second kappa shape index (κ2) is 14.0. The highest BCUT2D eigenvalue weighted by atomic mass is 32.2. The number of carbonyl (C=O) groups is 4. The number of aromatic nitrogens is 6. The van der Waals surface area contributed by atoms with Crippen LogP contribution in [-0.2, 0) is 30.5 Å². The zero-order chi connectivity index (χ0) is 32.0. The molecule has 2 atom stereocenters. The van der Waals surface area contributed by atoms with Crippen LogP contribution < -0.4 is 16.4 Å². The molecule has 44 heavy (non-hydrogen) atoms. The monoisotopic (exact) mass is 667 g/mol. The number of nitrogens with two attached hydrogens (primary N) is 1. The van der Waals surface area contributed by atoms with Gasteiger partial charge in [0.05, 0.1) is 6.54 Å². The molecule has 3 amide bonds. The van der Waals surface area contributed by atoms with E-state index in [1.807, 2.05) is 0 Å². The summed E-state index contributed by atoms with van der Waals surface area (Å²) in [7, 11) is 0. The van der Waals surface area contributed by atoms with Crippen LogP contribution in [0.3, 0.4) is 0 Å². The Morgan fingerprint density at radius 3 is 2.77 bits per heavy atom. The van der Waals surface area contributed by atoms with Gasteiger partial charge in [0, 0.05) is 29.6 Å². The first kappa shape index (κ1) is 32.7. The van der Waals surface area contributed by atoms with E-state index in [1.54, 1.807) is 20.8 Å². The van der Waals surface area contributed by atoms with Crippen molar-refractivity contribution in [2.45, 2.75) is 49.5 Å². The molecule has 18 nitrogen and oxygen atoms in total. The number of alkyl carbamates (subject to hydrolysis) is 1. The highest BCUT2D eigenvalue weighted by molar-refractivity contribution is 8.01. The number of carboxylic acids is 1. The van der Waals surface area contributed by atoms with Crippen molar-refractivity contribution in [1.29, 1.82) is 0 Å². The van der Waals surface area contributed by atoms with Crippen molar-refractivity contribution in [3.8, 4) is 0 Å². The number of rotatable bonds is 13. The van der Waals surface area contributed by atoms with E-state index in [9.17, 15) is 24.3 Å². The van der Waals surface area contributed by atoms with E-state index in [-0.39, 0.29) is 53.6 Å². The highest BCUT2D eigenvalue weighted by Crippen LogP contribution is 2.41. The van der Waals surface area contributed by atoms with Crippen LogP contribution in [0.2, 0.25) is 0 Å². The molecule has 0 aromatic carbocycles. The number of carboxylic acid groups (broad SMARTS) is 1. The van der Waals surface area contributed by atoms with Gasteiger partial charge in [0.2, 0.25) is 16.7 Å². The van der Waals surface area contributed by atoms with Gasteiger partial charge in [0.25, 0.3) is 11.8 Å². The summed E-state index contributed by atoms with van der Waals surface area (Å²) in [5.74, 6) is -2.32. The Balaban J connectivity index is 1.40. The predicted octanol–water partition coefficient (Wildman–Crippen LogP) is 0.0691. The number of hydrogen-bond acceptors (Lipinski definition) is 16. The van der Waals surface area contributed by atoms with E-state index in [4.69, 9.17) is 15.3 Å². The van der Waals surface area contributed by atoms with Crippen LogP contribution >= 0.6 is 35.1 Å². The van der Waals surface area contributed by atoms with E-state index in [1.165, 1.54) is 34.3 Å². The Morgan fingerprint density at radius 1 is 1.34 bits per heavy atom. The largest absolute Gasteiger partial charge is 0.477 e. The number of nitrogen functional groups attached to an aromatic ring is 1. The van der Waals surface area contributed by atoms with E-state index >= 15 is 0 Å². The number of oxime groups is 1. The van der Waals surface area contributed by atoms with Crippen LogP contribution in [0.15, 0.2) is 34.2 Å². The van der Waals surface area contributed by atoms with E-state index in [0.29, 0.717) is 10.7 Å². The van der Waals surface area contributed by atoms with Crippen molar-refractivity contribution in [2.24, 2.45) is 5.16 Å². The number of hydrogen-bond donors (Lipinski definition) is 4. The quantitative estimate of drug-likeness (QED) is 0.0552. The van der Waals surface area contributed by atoms with Crippen LogP contribution in [0.1, 0.15) is 26.6 Å². The summed E-state index contributed by atoms with van der Waals surface area (Å²) >= 11 is 3.33. The van der Waals surface area contributed by atoms with E-state index in [2.05, 4.69) is 47.3 Å². The maximum atomic E-state index is 13.1. The third-order valence-corrected chi connectivity index (χ3v) is 8.55. The lowest BCUT2D eigenvalue weighted by Gasteiger charge is -2.49. The summed E-state index contributed by atoms with van der Waals surface area (Å²) in [6, 6.07) is -1.03. The Bertz CT molecular complexity index is 1500. The maximum Gasteiger partial charge on any atom is 0.407 e. The standard InChI is InChI=1S/C23H29N11O7S3/c1-5-8-40-29-12(15-27-20(24)44-30-15)16(35)26-13-17(36)34-14(19(37)38)11(9-42-18(13)34)10-43-21-28-31-32-33(21)7-6-25-22(39)41-23(2,3)4/h5,13,18H,1,6-10H2,2-4H3,(H,25,39)(H,26,35)(H,37,38)(H2,24,27,30)/t13?,18-/m1/s1. The Labute approximate surface area is 263 Å². The molecule has 0 aliphatic carbocycles. The molecule has 0 saturated carbocycles. The fourth-order valence-electron chi connectivity index (χ4n) is 3.84. The van der Waals surface area contributed by atoms with Gasteiger partial charge in [0.15, 0.2) is 5.13 Å². The highest BCUT2D eigenvalue weighted by Gasteiger charge is 2.54. The molecule has 0 radical (unpaired) electrons. The molecule has 236 valence electrons. The number of aliphatic carboxylic acids is 1. The summed E-state index contributed by atoms with van der Waals surface area (Å²) in [4.78, 5) is 60.5. The van der Waals surface area contributed by atoms with Crippen molar-refractivity contribution < 1.29 is 33.9 Å². The lowest BCUT2D eigenvalue weighted by atomic mass is 10.0. The molecule has 0 bridgehead atoms. The van der Waals surface area contributed by atoms with E-state index < -0.39 is 40.9 Å². The van der Waals surface area contributed by atoms with Crippen LogP contribution in [0, 0.1) is 0 Å². The summed E-state index contributed by atoms with van der Waals surface area (Å²) in [5, 5.41) is 30.4. The van der Waals surface area contributed by atoms with Gasteiger partial charge in [-0.15, -0.1) is 16.9 Å². The zero-order valence-corrected chi connectivity index (χ0v) is 26.2. The van der Waals surface area contributed by atoms with Crippen molar-refractivity contribution in [3.05, 3.63) is 29.7 Å². The number of tetrazole rings is 1. The third kappa shape index (κ3) is 7.82. The minimum absolute atomic E-state index is 0.00785. The molecule has 1 saturated heterocycles. The fourth-order valence-corrected chi connectivity index (χ4v) is 6.67. The molecule has 2 aliphatic heterocycles. The van der Waals surface area contributed by atoms with Gasteiger partial charge < -0.3 is 31.0 Å². The van der Waals surface area contributed by atoms with Crippen LogP contribution in [0.25, 0.3) is 0 Å². The number of anilines is 1. The molecule has 4 rings (SSSR count). The van der Waals surface area contributed by atoms with Crippen molar-refractivity contribution >= 4 is 69.8 Å². The van der Waals surface area contributed by atoms with Crippen molar-refractivity contribution in [3.63, 3.8) is 0 Å². The topological polar surface area (TPSA) is 242 Å². The molecule has 21 heteroatoms. The summed E-state index contributed by atoms with van der Waals surface area (Å²) in [5.41, 5.74) is 5.01. The first-order valence-electron chi connectivity index (χ1n) is 12.9. The summed E-state index contributed by atoms with van der Waals surface area (Å²) in [6.07, 6.45) is 0.848. The van der Waals surface area contributed by atoms with Crippen molar-refractivity contribution in [1.82, 2.24) is 45.1 Å². The molecule has 1 unspecified atom stereocenters. The van der Waals surface area contributed by atoms with Crippen LogP contribution in [-0.4, -0.2) is 111 Å². The smallest absolute Gasteiger partial charge is 0.407 e. The molecule has 2 aromatic rings. The number of nitrogens with one attached hydrogen (secondary N) is 2. The van der Waals surface area contributed by atoms with Crippen LogP contribution in [0.4, 0.5) is 9.93 Å². The SMILES string of the molecule is C=CCON=C(C(=O)NC1C(=O)N2C(C(=O)O)=C(CSc3nnnn3CCNC(=O)OC(C)(C)C)CS[C@H]12)c1nsc(N)n1. The van der Waals surface area contributed by atoms with Gasteiger partial charge in [-0.1, -0.05) is 29.6 Å². The van der Waals surface area contributed by atoms with E-state index in [0.717, 1.165) is 16.4 Å². The van der Waals surface area contributed by atoms with Gasteiger partial charge in [-0.2, -0.15) is 9.36 Å². The summed E-state index contributed by atoms with van der Waals surface area (Å²) < 4.78 is 10.6. The van der Waals surface area contributed by atoms with Gasteiger partial charge in [-0.3, -0.25) is 14.5 Å². The normalized spacial score (nSPS) is 18.3. The van der Waals surface area contributed by atoms with Gasteiger partial charge in [-0.25, -0.2) is 14.3 Å². The van der Waals surface area contributed by atoms with Gasteiger partial charge in [0.1, 0.15) is 29.3 Å². The Hall–Kier alpha value is -4.24. The number of fused-ring (bicyclic) bond motifs is 1. The third-order valence-electron chi connectivity index (χ3n) is 5.62. The molecule has 2 aliphatic rings. The Kier molecular flexibility index (Phi) is 10.4. The molecule has 5 N–H and O–H groups in total. The van der Waals surface area contributed by atoms with Gasteiger partial charge >= 0.3 is 12.1 Å². The van der Waals surface area contributed by atoms with Crippen molar-refractivity contribution in [2.75, 3.05) is 30.4 Å². The predicted molar refractivity (Wildman–Crippen MR) is 159 cm³/mol. The van der Waals surface area contributed by atoms with Gasteiger partial charge in [-0.05, 0) is 36.8 Å². The first-order chi connectivity index (χ1) is 20.9. The maximum absolute atomic E-state index is 13.1. The molecular weight excluding hydrogens is 639 g/mol. The number of amides is 3. The number of thioether (sulfide) groups is 2. The fraction of sp³-hybridized carbons (Fsp3) is 0.478. The van der Waals surface area contributed by atoms with Crippen LogP contribution in [0.5, 0.6) is 0 Å². The molecule has 1 fully saturated rings. The Morgan fingerprint density at radius 2 is 2.11 bits per heavy atom. The minimum Gasteiger partial charge on any atom is -0.477 e. The minimum atomic E-state index is -1.28. The second-order valence-electron chi connectivity index (χ2n) is 10.0. The summed E-state index contributed by atoms with van der Waals surface area (Å²) in [6.45, 7) is 9.22. The number of carbonyl (C=O) groups excluding carboxylic acids is 3. The average Bonchev–Trinajstić information content (AvgIpc) is 3.59.